The molecule has 0 fully saturated rings. The number of aromatic nitrogens is 1. The van der Waals surface area contributed by atoms with Crippen LogP contribution in [-0.2, 0) is 17.9 Å². The van der Waals surface area contributed by atoms with Gasteiger partial charge in [-0.1, -0.05) is 6.07 Å². The molecule has 2 aromatic rings. The number of hydrogen-bond donors (Lipinski definition) is 1. The minimum absolute atomic E-state index is 0.155. The number of aliphatic hydroxyl groups excluding tert-OH is 1. The fraction of sp³-hybridized carbons (Fsp3) is 0.400. The van der Waals surface area contributed by atoms with E-state index in [9.17, 15) is 9.90 Å². The third-order valence-corrected chi connectivity index (χ3v) is 4.30. The second kappa shape index (κ2) is 6.24. The van der Waals surface area contributed by atoms with Crippen LogP contribution in [0.2, 0.25) is 0 Å². The number of nitrogens with zero attached hydrogens (tertiary/aromatic N) is 1. The highest BCUT2D eigenvalue weighted by Gasteiger charge is 2.23. The Hall–Kier alpha value is -1.59. The SMILES string of the molecule is CCOC(=O)c1c(CO)c(C)n(Cc2cccs2)c1C. The summed E-state index contributed by atoms with van der Waals surface area (Å²) in [4.78, 5) is 13.3. The van der Waals surface area contributed by atoms with Crippen molar-refractivity contribution in [2.45, 2.75) is 33.9 Å². The maximum absolute atomic E-state index is 12.1. The second-order valence-corrected chi connectivity index (χ2v) is 5.60. The molecule has 0 aliphatic heterocycles. The van der Waals surface area contributed by atoms with Crippen molar-refractivity contribution < 1.29 is 14.6 Å². The molecular formula is C15H19NO3S. The van der Waals surface area contributed by atoms with Gasteiger partial charge in [0, 0.05) is 21.8 Å². The summed E-state index contributed by atoms with van der Waals surface area (Å²) in [5.74, 6) is -0.359. The first-order valence-electron chi connectivity index (χ1n) is 6.59. The van der Waals surface area contributed by atoms with Gasteiger partial charge in [-0.3, -0.25) is 0 Å². The van der Waals surface area contributed by atoms with Gasteiger partial charge in [0.1, 0.15) is 0 Å². The average molecular weight is 293 g/mol. The Morgan fingerprint density at radius 3 is 2.70 bits per heavy atom. The van der Waals surface area contributed by atoms with E-state index in [-0.39, 0.29) is 12.6 Å². The highest BCUT2D eigenvalue weighted by molar-refractivity contribution is 7.09. The molecule has 2 heterocycles. The van der Waals surface area contributed by atoms with Gasteiger partial charge in [-0.2, -0.15) is 0 Å². The molecule has 2 rings (SSSR count). The maximum atomic E-state index is 12.1. The number of ether oxygens (including phenoxy) is 1. The largest absolute Gasteiger partial charge is 0.462 e. The van der Waals surface area contributed by atoms with Crippen molar-refractivity contribution in [2.75, 3.05) is 6.61 Å². The number of carbonyl (C=O) groups is 1. The van der Waals surface area contributed by atoms with E-state index in [0.29, 0.717) is 24.3 Å². The number of esters is 1. The molecule has 0 aromatic carbocycles. The van der Waals surface area contributed by atoms with Crippen LogP contribution >= 0.6 is 11.3 Å². The molecule has 4 nitrogen and oxygen atoms in total. The predicted octanol–water partition coefficient (Wildman–Crippen LogP) is 2.88. The van der Waals surface area contributed by atoms with Crippen LogP contribution in [0.4, 0.5) is 0 Å². The van der Waals surface area contributed by atoms with Crippen molar-refractivity contribution in [3.8, 4) is 0 Å². The topological polar surface area (TPSA) is 51.5 Å². The van der Waals surface area contributed by atoms with Gasteiger partial charge in [0.25, 0.3) is 0 Å². The van der Waals surface area contributed by atoms with Crippen LogP contribution in [0.25, 0.3) is 0 Å². The van der Waals surface area contributed by atoms with Crippen LogP contribution in [0.3, 0.4) is 0 Å². The van der Waals surface area contributed by atoms with Crippen LogP contribution in [0.15, 0.2) is 17.5 Å². The zero-order valence-electron chi connectivity index (χ0n) is 12.0. The third kappa shape index (κ3) is 2.64. The lowest BCUT2D eigenvalue weighted by molar-refractivity contribution is 0.0522. The van der Waals surface area contributed by atoms with Crippen molar-refractivity contribution in [2.24, 2.45) is 0 Å². The molecular weight excluding hydrogens is 274 g/mol. The van der Waals surface area contributed by atoms with E-state index in [2.05, 4.69) is 10.6 Å². The molecule has 0 unspecified atom stereocenters. The Bertz CT molecular complexity index is 599. The molecule has 0 amide bonds. The molecule has 0 spiro atoms. The summed E-state index contributed by atoms with van der Waals surface area (Å²) in [7, 11) is 0. The fourth-order valence-corrected chi connectivity index (χ4v) is 3.10. The van der Waals surface area contributed by atoms with Crippen molar-refractivity contribution >= 4 is 17.3 Å². The summed E-state index contributed by atoms with van der Waals surface area (Å²) in [5, 5.41) is 11.6. The van der Waals surface area contributed by atoms with E-state index in [1.165, 1.54) is 4.88 Å². The van der Waals surface area contributed by atoms with E-state index in [4.69, 9.17) is 4.74 Å². The Balaban J connectivity index is 2.45. The Morgan fingerprint density at radius 2 is 2.15 bits per heavy atom. The molecule has 0 radical (unpaired) electrons. The Kier molecular flexibility index (Phi) is 4.62. The minimum Gasteiger partial charge on any atom is -0.462 e. The highest BCUT2D eigenvalue weighted by atomic mass is 32.1. The second-order valence-electron chi connectivity index (χ2n) is 4.57. The lowest BCUT2D eigenvalue weighted by atomic mass is 10.1. The van der Waals surface area contributed by atoms with Crippen LogP contribution in [0, 0.1) is 13.8 Å². The van der Waals surface area contributed by atoms with E-state index in [1.807, 2.05) is 25.3 Å². The molecule has 5 heteroatoms. The summed E-state index contributed by atoms with van der Waals surface area (Å²) in [6, 6.07) is 4.07. The van der Waals surface area contributed by atoms with E-state index in [1.54, 1.807) is 18.3 Å². The van der Waals surface area contributed by atoms with Crippen molar-refractivity contribution in [3.63, 3.8) is 0 Å². The monoisotopic (exact) mass is 293 g/mol. The van der Waals surface area contributed by atoms with Crippen molar-refractivity contribution in [1.29, 1.82) is 0 Å². The van der Waals surface area contributed by atoms with Gasteiger partial charge >= 0.3 is 5.97 Å². The molecule has 0 bridgehead atoms. The van der Waals surface area contributed by atoms with Crippen LogP contribution in [0.1, 0.15) is 39.1 Å². The maximum Gasteiger partial charge on any atom is 0.340 e. The predicted molar refractivity (Wildman–Crippen MR) is 79.2 cm³/mol. The first-order valence-corrected chi connectivity index (χ1v) is 7.47. The van der Waals surface area contributed by atoms with Gasteiger partial charge < -0.3 is 14.4 Å². The molecule has 0 atom stereocenters. The first-order chi connectivity index (χ1) is 9.60. The standard InChI is InChI=1S/C15H19NO3S/c1-4-19-15(18)14-11(3)16(10(2)13(14)9-17)8-12-6-5-7-20-12/h5-7,17H,4,8-9H2,1-3H3. The first kappa shape index (κ1) is 14.8. The quantitative estimate of drug-likeness (QED) is 0.862. The number of hydrogen-bond acceptors (Lipinski definition) is 4. The van der Waals surface area contributed by atoms with E-state index < -0.39 is 0 Å². The molecule has 0 saturated carbocycles. The number of thiophene rings is 1. The minimum atomic E-state index is -0.359. The van der Waals surface area contributed by atoms with Gasteiger partial charge in [0.05, 0.1) is 25.3 Å². The average Bonchev–Trinajstić information content (AvgIpc) is 3.00. The molecule has 2 aromatic heterocycles. The lowest BCUT2D eigenvalue weighted by Crippen LogP contribution is -2.09. The van der Waals surface area contributed by atoms with Gasteiger partial charge in [0.2, 0.25) is 0 Å². The lowest BCUT2D eigenvalue weighted by Gasteiger charge is -2.08. The van der Waals surface area contributed by atoms with Gasteiger partial charge in [-0.05, 0) is 32.2 Å². The van der Waals surface area contributed by atoms with Crippen molar-refractivity contribution in [3.05, 3.63) is 44.9 Å². The van der Waals surface area contributed by atoms with Crippen LogP contribution in [0.5, 0.6) is 0 Å². The summed E-state index contributed by atoms with van der Waals surface area (Å²) in [6.07, 6.45) is 0. The molecule has 0 aliphatic carbocycles. The summed E-state index contributed by atoms with van der Waals surface area (Å²) in [6.45, 7) is 6.49. The van der Waals surface area contributed by atoms with E-state index >= 15 is 0 Å². The zero-order valence-corrected chi connectivity index (χ0v) is 12.8. The number of rotatable bonds is 5. The summed E-state index contributed by atoms with van der Waals surface area (Å²) >= 11 is 1.68. The van der Waals surface area contributed by atoms with Gasteiger partial charge in [-0.25, -0.2) is 4.79 Å². The molecule has 1 N–H and O–H groups in total. The normalized spacial score (nSPS) is 10.8. The number of aliphatic hydroxyl groups is 1. The van der Waals surface area contributed by atoms with Gasteiger partial charge in [0.15, 0.2) is 0 Å². The van der Waals surface area contributed by atoms with Gasteiger partial charge in [-0.15, -0.1) is 11.3 Å². The highest BCUT2D eigenvalue weighted by Crippen LogP contribution is 2.25. The van der Waals surface area contributed by atoms with Crippen LogP contribution < -0.4 is 0 Å². The zero-order chi connectivity index (χ0) is 14.7. The Morgan fingerprint density at radius 1 is 1.40 bits per heavy atom. The smallest absolute Gasteiger partial charge is 0.340 e. The molecule has 108 valence electrons. The summed E-state index contributed by atoms with van der Waals surface area (Å²) < 4.78 is 7.15. The molecule has 20 heavy (non-hydrogen) atoms. The molecule has 0 aliphatic rings. The fourth-order valence-electron chi connectivity index (χ4n) is 2.41. The molecule has 0 saturated heterocycles. The Labute approximate surface area is 122 Å². The third-order valence-electron chi connectivity index (χ3n) is 3.44. The van der Waals surface area contributed by atoms with Crippen molar-refractivity contribution in [1.82, 2.24) is 4.57 Å². The summed E-state index contributed by atoms with van der Waals surface area (Å²) in [5.41, 5.74) is 2.93. The van der Waals surface area contributed by atoms with E-state index in [0.717, 1.165) is 11.4 Å². The van der Waals surface area contributed by atoms with Crippen LogP contribution in [-0.4, -0.2) is 22.2 Å². The number of carbonyl (C=O) groups excluding carboxylic acids is 1.